The van der Waals surface area contributed by atoms with Crippen molar-refractivity contribution in [2.24, 2.45) is 0 Å². The number of halogens is 4. The zero-order valence-corrected chi connectivity index (χ0v) is 31.1. The van der Waals surface area contributed by atoms with Gasteiger partial charge in [0.25, 0.3) is 5.91 Å². The fourth-order valence-electron chi connectivity index (χ4n) is 5.91. The minimum absolute atomic E-state index is 0.00221. The van der Waals surface area contributed by atoms with Gasteiger partial charge in [0.05, 0.1) is 41.8 Å². The van der Waals surface area contributed by atoms with Gasteiger partial charge in [-0.2, -0.15) is 0 Å². The molecule has 0 radical (unpaired) electrons. The number of hydrogen-bond acceptors (Lipinski definition) is 12. The highest BCUT2D eigenvalue weighted by Gasteiger charge is 2.38. The van der Waals surface area contributed by atoms with Crippen molar-refractivity contribution in [3.05, 3.63) is 86.1 Å². The summed E-state index contributed by atoms with van der Waals surface area (Å²) in [7, 11) is 0. The Labute approximate surface area is 324 Å². The molecule has 54 heavy (non-hydrogen) atoms. The van der Waals surface area contributed by atoms with Crippen LogP contribution in [0.25, 0.3) is 5.57 Å². The molecule has 2 N–H and O–H groups in total. The van der Waals surface area contributed by atoms with Crippen LogP contribution in [-0.2, 0) is 25.7 Å². The first-order chi connectivity index (χ1) is 26.1. The van der Waals surface area contributed by atoms with Crippen LogP contribution in [0.5, 0.6) is 23.0 Å². The Balaban J connectivity index is 1.15. The molecule has 3 aromatic rings. The van der Waals surface area contributed by atoms with Gasteiger partial charge in [-0.1, -0.05) is 46.9 Å². The van der Waals surface area contributed by atoms with E-state index in [0.717, 1.165) is 36.1 Å². The SMILES string of the molecule is O=C(OCCOCCON(O)O)N1CCC(c2ccc(OCCOc3c(Cl)cc(F)cc3Cl)cc2)=C(C(=O)N(Cc2cc3c(cc2Cl)OCO3)C2CC2)C1. The maximum atomic E-state index is 14.6. The lowest BCUT2D eigenvalue weighted by Crippen LogP contribution is -2.43. The lowest BCUT2D eigenvalue weighted by molar-refractivity contribution is -0.493. The first-order valence-electron chi connectivity index (χ1n) is 17.0. The van der Waals surface area contributed by atoms with E-state index >= 15 is 0 Å². The standard InChI is InChI=1S/C36H37Cl3FN3O11/c37-29-18-33-32(52-21-53-33)15-23(29)19-42(25-3-4-25)35(44)28-20-41(36(45)51-11-9-48-10-14-54-43(46)47)8-7-27(28)22-1-5-26(6-2-22)49-12-13-50-34-30(38)16-24(40)17-31(34)39/h1-2,5-6,15-18,25,46-47H,3-4,7-14,19-21H2. The monoisotopic (exact) mass is 811 g/mol. The van der Waals surface area contributed by atoms with Crippen molar-refractivity contribution in [2.45, 2.75) is 31.8 Å². The summed E-state index contributed by atoms with van der Waals surface area (Å²) < 4.78 is 46.7. The third-order valence-corrected chi connectivity index (χ3v) is 9.56. The van der Waals surface area contributed by atoms with Crippen LogP contribution >= 0.6 is 34.8 Å². The lowest BCUT2D eigenvalue weighted by atomic mass is 9.92. The summed E-state index contributed by atoms with van der Waals surface area (Å²) in [6.45, 7) is 0.763. The first kappa shape index (κ1) is 39.6. The molecule has 2 heterocycles. The van der Waals surface area contributed by atoms with Crippen molar-refractivity contribution in [1.82, 2.24) is 15.2 Å². The van der Waals surface area contributed by atoms with Gasteiger partial charge >= 0.3 is 6.09 Å². The summed E-state index contributed by atoms with van der Waals surface area (Å²) in [6, 6.07) is 13.0. The number of ether oxygens (including phenoxy) is 6. The molecule has 0 bridgehead atoms. The molecule has 18 heteroatoms. The molecule has 2 aliphatic heterocycles. The fourth-order valence-corrected chi connectivity index (χ4v) is 6.69. The maximum absolute atomic E-state index is 14.6. The highest BCUT2D eigenvalue weighted by molar-refractivity contribution is 6.37. The van der Waals surface area contributed by atoms with E-state index in [1.165, 1.54) is 4.90 Å². The van der Waals surface area contributed by atoms with Crippen LogP contribution in [-0.4, -0.2) is 103 Å². The van der Waals surface area contributed by atoms with Crippen molar-refractivity contribution in [2.75, 3.05) is 59.5 Å². The summed E-state index contributed by atoms with van der Waals surface area (Å²) in [6.07, 6.45) is 1.43. The van der Waals surface area contributed by atoms with E-state index in [1.807, 2.05) is 12.1 Å². The molecular formula is C36H37Cl3FN3O11. The Morgan fingerprint density at radius 2 is 1.56 bits per heavy atom. The van der Waals surface area contributed by atoms with Gasteiger partial charge in [0.1, 0.15) is 31.4 Å². The number of fused-ring (bicyclic) bond motifs is 1. The maximum Gasteiger partial charge on any atom is 0.410 e. The van der Waals surface area contributed by atoms with E-state index < -0.39 is 17.3 Å². The second-order valence-electron chi connectivity index (χ2n) is 12.3. The normalized spacial score (nSPS) is 15.1. The number of carbonyl (C=O) groups is 2. The van der Waals surface area contributed by atoms with Crippen LogP contribution in [0.3, 0.4) is 0 Å². The van der Waals surface area contributed by atoms with E-state index in [1.54, 1.807) is 29.2 Å². The quantitative estimate of drug-likeness (QED) is 0.109. The molecule has 14 nitrogen and oxygen atoms in total. The summed E-state index contributed by atoms with van der Waals surface area (Å²) in [5.74, 6) is 1.02. The van der Waals surface area contributed by atoms with Crippen LogP contribution < -0.4 is 18.9 Å². The third kappa shape index (κ3) is 10.4. The average Bonchev–Trinajstić information content (AvgIpc) is 3.89. The van der Waals surface area contributed by atoms with Crippen LogP contribution in [0.15, 0.2) is 54.1 Å². The Kier molecular flexibility index (Phi) is 13.6. The number of rotatable bonds is 17. The molecule has 0 aromatic heterocycles. The van der Waals surface area contributed by atoms with Crippen molar-refractivity contribution in [3.63, 3.8) is 0 Å². The summed E-state index contributed by atoms with van der Waals surface area (Å²) in [5.41, 5.74) is 2.73. The molecule has 2 amide bonds. The van der Waals surface area contributed by atoms with E-state index in [0.29, 0.717) is 46.4 Å². The molecule has 1 saturated carbocycles. The van der Waals surface area contributed by atoms with Crippen molar-refractivity contribution in [1.29, 1.82) is 0 Å². The number of amides is 2. The second-order valence-corrected chi connectivity index (χ2v) is 13.5. The summed E-state index contributed by atoms with van der Waals surface area (Å²) in [5, 5.41) is 17.3. The van der Waals surface area contributed by atoms with E-state index in [4.69, 9.17) is 73.6 Å². The topological polar surface area (TPSA) is 149 Å². The molecule has 1 fully saturated rings. The molecule has 0 spiro atoms. The average molecular weight is 813 g/mol. The third-order valence-electron chi connectivity index (χ3n) is 8.64. The van der Waals surface area contributed by atoms with Gasteiger partial charge in [0.15, 0.2) is 17.2 Å². The molecule has 3 aromatic carbocycles. The molecule has 3 aliphatic rings. The molecule has 1 aliphatic carbocycles. The zero-order valence-electron chi connectivity index (χ0n) is 28.8. The Hall–Kier alpha value is -4.06. The molecule has 0 unspecified atom stereocenters. The second kappa shape index (κ2) is 18.5. The van der Waals surface area contributed by atoms with Gasteiger partial charge < -0.3 is 38.2 Å². The zero-order chi connectivity index (χ0) is 38.2. The largest absolute Gasteiger partial charge is 0.490 e. The Morgan fingerprint density at radius 3 is 2.26 bits per heavy atom. The molecule has 290 valence electrons. The van der Waals surface area contributed by atoms with Gasteiger partial charge in [-0.05, 0) is 66.3 Å². The van der Waals surface area contributed by atoms with Crippen LogP contribution in [0.2, 0.25) is 15.1 Å². The van der Waals surface area contributed by atoms with Gasteiger partial charge in [-0.3, -0.25) is 15.2 Å². The van der Waals surface area contributed by atoms with Gasteiger partial charge in [-0.15, -0.1) is 0 Å². The summed E-state index contributed by atoms with van der Waals surface area (Å²) in [4.78, 5) is 35.4. The van der Waals surface area contributed by atoms with Gasteiger partial charge in [0.2, 0.25) is 6.79 Å². The predicted octanol–water partition coefficient (Wildman–Crippen LogP) is 6.79. The smallest absolute Gasteiger partial charge is 0.410 e. The summed E-state index contributed by atoms with van der Waals surface area (Å²) >= 11 is 18.7. The van der Waals surface area contributed by atoms with Crippen molar-refractivity contribution < 1.29 is 57.7 Å². The van der Waals surface area contributed by atoms with E-state index in [2.05, 4.69) is 4.84 Å². The fraction of sp³-hybridized carbons (Fsp3) is 0.389. The molecule has 0 atom stereocenters. The number of nitrogens with zero attached hydrogens (tertiary/aromatic N) is 3. The predicted molar refractivity (Wildman–Crippen MR) is 192 cm³/mol. The number of carbonyl (C=O) groups excluding carboxylic acids is 2. The number of hydrogen-bond donors (Lipinski definition) is 2. The lowest BCUT2D eigenvalue weighted by Gasteiger charge is -2.33. The Bertz CT molecular complexity index is 1820. The van der Waals surface area contributed by atoms with Crippen LogP contribution in [0.4, 0.5) is 9.18 Å². The first-order valence-corrected chi connectivity index (χ1v) is 18.1. The van der Waals surface area contributed by atoms with Crippen molar-refractivity contribution in [3.8, 4) is 23.0 Å². The van der Waals surface area contributed by atoms with E-state index in [-0.39, 0.29) is 87.3 Å². The van der Waals surface area contributed by atoms with E-state index in [9.17, 15) is 14.0 Å². The Morgan fingerprint density at radius 1 is 0.870 bits per heavy atom. The van der Waals surface area contributed by atoms with Crippen molar-refractivity contribution >= 4 is 52.4 Å². The minimum atomic E-state index is -0.609. The molecular weight excluding hydrogens is 776 g/mol. The highest BCUT2D eigenvalue weighted by Crippen LogP contribution is 2.40. The van der Waals surface area contributed by atoms with Gasteiger partial charge in [-0.25, -0.2) is 14.0 Å². The molecule has 0 saturated heterocycles. The van der Waals surface area contributed by atoms with Gasteiger partial charge in [0, 0.05) is 35.8 Å². The molecule has 6 rings (SSSR count). The van der Waals surface area contributed by atoms with Crippen LogP contribution in [0, 0.1) is 5.82 Å². The minimum Gasteiger partial charge on any atom is -0.490 e. The number of benzene rings is 3. The van der Waals surface area contributed by atoms with Crippen LogP contribution in [0.1, 0.15) is 30.4 Å². The highest BCUT2D eigenvalue weighted by atomic mass is 35.5.